The number of nitrogens with two attached hydrogens (primary N) is 1. The Labute approximate surface area is 473 Å². The third-order valence-corrected chi connectivity index (χ3v) is 12.1. The number of aryl methyl sites for hydroxylation is 1. The molecule has 4 aromatic rings. The van der Waals surface area contributed by atoms with E-state index in [1.165, 1.54) is 14.0 Å². The van der Waals surface area contributed by atoms with E-state index in [2.05, 4.69) is 37.3 Å². The normalized spacial score (nSPS) is 15.9. The van der Waals surface area contributed by atoms with Gasteiger partial charge >= 0.3 is 18.3 Å². The van der Waals surface area contributed by atoms with Crippen LogP contribution in [0.15, 0.2) is 84.9 Å². The first-order valence-corrected chi connectivity index (χ1v) is 26.8. The number of benzene rings is 4. The Balaban J connectivity index is 1.61. The second kappa shape index (κ2) is 28.1. The van der Waals surface area contributed by atoms with Gasteiger partial charge in [0.1, 0.15) is 65.7 Å². The van der Waals surface area contributed by atoms with E-state index in [0.29, 0.717) is 16.7 Å². The first kappa shape index (κ1) is 63.4. The Bertz CT molecular complexity index is 2880. The highest BCUT2D eigenvalue weighted by molar-refractivity contribution is 5.99. The number of hydrogen-bond donors (Lipinski definition) is 8. The Morgan fingerprint density at radius 3 is 1.67 bits per heavy atom. The molecule has 5 rings (SSSR count). The number of hydrogen-bond acceptors (Lipinski definition) is 14. The van der Waals surface area contributed by atoms with E-state index in [9.17, 15) is 33.6 Å². The van der Waals surface area contributed by atoms with Crippen molar-refractivity contribution in [3.05, 3.63) is 107 Å². The van der Waals surface area contributed by atoms with Crippen LogP contribution in [0, 0.1) is 6.92 Å². The molecule has 4 atom stereocenters. The maximum Gasteiger partial charge on any atom is 0.407 e. The number of nitrogens with one attached hydrogen (secondary N) is 7. The molecule has 22 heteroatoms. The molecule has 438 valence electrons. The number of fused-ring (bicyclic) bond motifs is 5. The molecule has 4 aromatic carbocycles. The second-order valence-corrected chi connectivity index (χ2v) is 22.5. The topological polar surface area (TPSA) is 296 Å². The van der Waals surface area contributed by atoms with Gasteiger partial charge in [-0.25, -0.2) is 20.2 Å². The number of nitrogens with zero attached hydrogens (tertiary/aromatic N) is 1. The number of hydrazine groups is 1. The SMILES string of the molecule is Cc1ccc(-c2ccc(C(=O)N[C@@H](CCCNC(=O)OC(C)(C)C)C(=O)N(C)[C@@H]3C(=O)N[C@@H](C)C(=O)N[C@H](C(=O)NN)Cc4ccc(OCCNC(=O)OC(C)(C)C)c(c4)-c4cc3ccc4OCCNC(=O)OC(C)(C)C)cc2)cc1. The number of carbonyl (C=O) groups excluding carboxylic acids is 8. The Kier molecular flexibility index (Phi) is 22.0. The molecule has 22 nitrogen and oxygen atoms in total. The lowest BCUT2D eigenvalue weighted by molar-refractivity contribution is -0.141. The molecular formula is C59H79N9O13. The first-order valence-electron chi connectivity index (χ1n) is 26.8. The van der Waals surface area contributed by atoms with Gasteiger partial charge in [-0.2, -0.15) is 0 Å². The average Bonchev–Trinajstić information content (AvgIpc) is 3.43. The van der Waals surface area contributed by atoms with E-state index in [1.807, 2.05) is 31.2 Å². The second-order valence-electron chi connectivity index (χ2n) is 22.5. The molecule has 4 bridgehead atoms. The molecule has 0 radical (unpaired) electrons. The number of ether oxygens (including phenoxy) is 5. The van der Waals surface area contributed by atoms with Gasteiger partial charge in [0.2, 0.25) is 17.7 Å². The fourth-order valence-corrected chi connectivity index (χ4v) is 8.34. The third-order valence-electron chi connectivity index (χ3n) is 12.1. The van der Waals surface area contributed by atoms with E-state index in [-0.39, 0.29) is 74.7 Å². The molecular weight excluding hydrogens is 1040 g/mol. The van der Waals surface area contributed by atoms with Gasteiger partial charge in [-0.05, 0) is 148 Å². The number of alkyl carbamates (subject to hydrolysis) is 3. The van der Waals surface area contributed by atoms with Crippen LogP contribution in [0.2, 0.25) is 0 Å². The lowest BCUT2D eigenvalue weighted by Crippen LogP contribution is -2.56. The summed E-state index contributed by atoms with van der Waals surface area (Å²) in [5.74, 6) is 2.48. The van der Waals surface area contributed by atoms with E-state index in [0.717, 1.165) is 21.6 Å². The van der Waals surface area contributed by atoms with Crippen molar-refractivity contribution < 1.29 is 62.0 Å². The highest BCUT2D eigenvalue weighted by atomic mass is 16.6. The molecule has 1 aliphatic heterocycles. The summed E-state index contributed by atoms with van der Waals surface area (Å²) in [6.07, 6.45) is -1.95. The molecule has 8 amide bonds. The molecule has 0 unspecified atom stereocenters. The van der Waals surface area contributed by atoms with Crippen LogP contribution < -0.4 is 52.6 Å². The van der Waals surface area contributed by atoms with Crippen molar-refractivity contribution in [2.75, 3.05) is 39.9 Å². The van der Waals surface area contributed by atoms with Gasteiger partial charge < -0.3 is 60.5 Å². The van der Waals surface area contributed by atoms with Gasteiger partial charge in [0, 0.05) is 36.7 Å². The van der Waals surface area contributed by atoms with Gasteiger partial charge in [0.15, 0.2) is 0 Å². The minimum Gasteiger partial charge on any atom is -0.491 e. The highest BCUT2D eigenvalue weighted by Crippen LogP contribution is 2.40. The predicted octanol–water partition coefficient (Wildman–Crippen LogP) is 6.27. The summed E-state index contributed by atoms with van der Waals surface area (Å²) < 4.78 is 28.9. The van der Waals surface area contributed by atoms with Crippen molar-refractivity contribution in [2.24, 2.45) is 5.84 Å². The van der Waals surface area contributed by atoms with E-state index < -0.39 is 88.8 Å². The summed E-state index contributed by atoms with van der Waals surface area (Å²) in [7, 11) is 1.38. The molecule has 0 saturated carbocycles. The van der Waals surface area contributed by atoms with Crippen molar-refractivity contribution in [3.63, 3.8) is 0 Å². The quantitative estimate of drug-likeness (QED) is 0.0179. The first-order chi connectivity index (χ1) is 38.0. The fraction of sp³-hybridized carbons (Fsp3) is 0.458. The van der Waals surface area contributed by atoms with Crippen LogP contribution >= 0.6 is 0 Å². The van der Waals surface area contributed by atoms with Gasteiger partial charge in [-0.15, -0.1) is 0 Å². The van der Waals surface area contributed by atoms with Gasteiger partial charge in [0.05, 0.1) is 13.1 Å². The summed E-state index contributed by atoms with van der Waals surface area (Å²) in [5.41, 5.74) is 4.35. The summed E-state index contributed by atoms with van der Waals surface area (Å²) in [5, 5.41) is 16.3. The largest absolute Gasteiger partial charge is 0.491 e. The molecule has 1 heterocycles. The summed E-state index contributed by atoms with van der Waals surface area (Å²) >= 11 is 0. The van der Waals surface area contributed by atoms with Crippen LogP contribution in [0.3, 0.4) is 0 Å². The lowest BCUT2D eigenvalue weighted by Gasteiger charge is -2.33. The summed E-state index contributed by atoms with van der Waals surface area (Å²) in [4.78, 5) is 111. The predicted molar refractivity (Wildman–Crippen MR) is 304 cm³/mol. The van der Waals surface area contributed by atoms with Crippen LogP contribution in [0.4, 0.5) is 14.4 Å². The summed E-state index contributed by atoms with van der Waals surface area (Å²) in [6.45, 7) is 18.9. The van der Waals surface area contributed by atoms with Crippen molar-refractivity contribution >= 4 is 47.8 Å². The van der Waals surface area contributed by atoms with Crippen LogP contribution in [-0.2, 0) is 39.8 Å². The average molecular weight is 1120 g/mol. The Morgan fingerprint density at radius 1 is 0.654 bits per heavy atom. The van der Waals surface area contributed by atoms with Crippen molar-refractivity contribution in [2.45, 2.75) is 136 Å². The zero-order valence-electron chi connectivity index (χ0n) is 48.4. The zero-order chi connectivity index (χ0) is 59.8. The van der Waals surface area contributed by atoms with Gasteiger partial charge in [0.25, 0.3) is 11.8 Å². The number of rotatable bonds is 18. The van der Waals surface area contributed by atoms with Gasteiger partial charge in [-0.1, -0.05) is 54.1 Å². The van der Waals surface area contributed by atoms with E-state index in [4.69, 9.17) is 29.5 Å². The minimum atomic E-state index is -1.53. The Morgan fingerprint density at radius 2 is 1.15 bits per heavy atom. The monoisotopic (exact) mass is 1120 g/mol. The molecule has 0 spiro atoms. The molecule has 0 aliphatic carbocycles. The van der Waals surface area contributed by atoms with Crippen LogP contribution in [0.1, 0.15) is 115 Å². The standard InChI is InChI=1S/C59H79N9O13/c1-35-15-18-38(19-16-35)39-20-22-40(23-21-39)50(70)65-44(14-13-27-61-54(74)79-57(3,4)5)53(73)68(12)48-41-24-26-47(78-31-29-63-56(76)81-59(9,10)11)43(34-41)42-32-37(17-25-46(42)77-30-28-62-55(75)80-58(6,7)8)33-45(51(71)67-60)66-49(69)36(2)64-52(48)72/h15-26,32,34,36,44-45,48H,13-14,27-31,33,60H2,1-12H3,(H,61,74)(H,62,75)(H,63,76)(H,64,72)(H,65,70)(H,66,69)(H,67,71)/t36-,44-,45-,48-/m0/s1. The Hall–Kier alpha value is -8.40. The van der Waals surface area contributed by atoms with Crippen molar-refractivity contribution in [1.82, 2.24) is 42.2 Å². The fourth-order valence-electron chi connectivity index (χ4n) is 8.34. The van der Waals surface area contributed by atoms with E-state index >= 15 is 4.79 Å². The highest BCUT2D eigenvalue weighted by Gasteiger charge is 2.36. The molecule has 0 saturated heterocycles. The molecule has 0 fully saturated rings. The molecule has 81 heavy (non-hydrogen) atoms. The summed E-state index contributed by atoms with van der Waals surface area (Å²) in [6, 6.07) is 19.2. The van der Waals surface area contributed by atoms with Crippen molar-refractivity contribution in [1.29, 1.82) is 0 Å². The van der Waals surface area contributed by atoms with E-state index in [1.54, 1.807) is 123 Å². The molecule has 1 aliphatic rings. The maximum absolute atomic E-state index is 15.2. The smallest absolute Gasteiger partial charge is 0.407 e. The third kappa shape index (κ3) is 20.0. The minimum absolute atomic E-state index is 0.00284. The number of amides is 8. The maximum atomic E-state index is 15.2. The van der Waals surface area contributed by atoms with Gasteiger partial charge in [-0.3, -0.25) is 29.4 Å². The number of likely N-dealkylation sites (N-methyl/N-ethyl adjacent to an activating group) is 1. The van der Waals surface area contributed by atoms with Crippen molar-refractivity contribution in [3.8, 4) is 33.8 Å². The van der Waals surface area contributed by atoms with Crippen LogP contribution in [-0.4, -0.2) is 128 Å². The van der Waals surface area contributed by atoms with Crippen LogP contribution in [0.25, 0.3) is 22.3 Å². The zero-order valence-corrected chi connectivity index (χ0v) is 48.4. The lowest BCUT2D eigenvalue weighted by atomic mass is 9.93. The molecule has 0 aromatic heterocycles. The molecule has 9 N–H and O–H groups in total. The number of carbonyl (C=O) groups is 8. The van der Waals surface area contributed by atoms with Crippen LogP contribution in [0.5, 0.6) is 11.5 Å².